The van der Waals surface area contributed by atoms with Crippen molar-refractivity contribution in [2.45, 2.75) is 6.42 Å². The Morgan fingerprint density at radius 2 is 1.89 bits per heavy atom. The third-order valence-corrected chi connectivity index (χ3v) is 2.66. The number of non-ortho nitro benzene ring substituents is 1. The predicted octanol–water partition coefficient (Wildman–Crippen LogP) is 2.48. The van der Waals surface area contributed by atoms with E-state index in [1.165, 1.54) is 6.07 Å². The van der Waals surface area contributed by atoms with Crippen molar-refractivity contribution in [1.82, 2.24) is 0 Å². The maximum atomic E-state index is 10.9. The Kier molecular flexibility index (Phi) is 3.74. The summed E-state index contributed by atoms with van der Waals surface area (Å²) in [5.74, 6) is 0.657. The number of nitro groups is 1. The van der Waals surface area contributed by atoms with Gasteiger partial charge in [0.2, 0.25) is 0 Å². The average molecular weight is 246 g/mol. The summed E-state index contributed by atoms with van der Waals surface area (Å²) in [5.41, 5.74) is 5.49. The van der Waals surface area contributed by atoms with Crippen molar-refractivity contribution in [1.29, 1.82) is 0 Å². The van der Waals surface area contributed by atoms with Gasteiger partial charge in [-0.15, -0.1) is 0 Å². The van der Waals surface area contributed by atoms with E-state index < -0.39 is 0 Å². The van der Waals surface area contributed by atoms with Crippen LogP contribution >= 0.6 is 0 Å². The van der Waals surface area contributed by atoms with E-state index in [0.29, 0.717) is 24.3 Å². The highest BCUT2D eigenvalue weighted by Crippen LogP contribution is 2.32. The third kappa shape index (κ3) is 2.41. The lowest BCUT2D eigenvalue weighted by Crippen LogP contribution is -2.06. The van der Waals surface area contributed by atoms with E-state index in [1.54, 1.807) is 18.2 Å². The van der Waals surface area contributed by atoms with Gasteiger partial charge in [-0.05, 0) is 25.1 Å². The third-order valence-electron chi connectivity index (χ3n) is 2.66. The van der Waals surface area contributed by atoms with Gasteiger partial charge in [-0.2, -0.15) is 0 Å². The number of hydrogen-bond donors (Lipinski definition) is 1. The van der Waals surface area contributed by atoms with Gasteiger partial charge in [0.05, 0.1) is 16.9 Å². The molecule has 0 aliphatic carbocycles. The fraction of sp³-hybridized carbons (Fsp3) is 0.231. The van der Waals surface area contributed by atoms with Crippen LogP contribution in [0.15, 0.2) is 36.4 Å². The SMILES string of the molecule is NCCCOc1ccc([N+](=O)[O-])c2ccccc12. The summed E-state index contributed by atoms with van der Waals surface area (Å²) in [5, 5.41) is 12.3. The molecule has 0 atom stereocenters. The van der Waals surface area contributed by atoms with Crippen molar-refractivity contribution in [3.63, 3.8) is 0 Å². The lowest BCUT2D eigenvalue weighted by atomic mass is 10.1. The van der Waals surface area contributed by atoms with Crippen LogP contribution in [0.3, 0.4) is 0 Å². The molecule has 0 aliphatic heterocycles. The second-order valence-corrected chi connectivity index (χ2v) is 3.88. The number of rotatable bonds is 5. The van der Waals surface area contributed by atoms with Gasteiger partial charge in [0.25, 0.3) is 5.69 Å². The number of nitrogens with zero attached hydrogens (tertiary/aromatic N) is 1. The van der Waals surface area contributed by atoms with E-state index in [2.05, 4.69) is 0 Å². The summed E-state index contributed by atoms with van der Waals surface area (Å²) < 4.78 is 5.59. The zero-order valence-electron chi connectivity index (χ0n) is 9.83. The molecule has 0 heterocycles. The predicted molar refractivity (Wildman–Crippen MR) is 69.8 cm³/mol. The molecular weight excluding hydrogens is 232 g/mol. The lowest BCUT2D eigenvalue weighted by molar-refractivity contribution is -0.383. The van der Waals surface area contributed by atoms with Gasteiger partial charge in [-0.25, -0.2) is 0 Å². The Bertz CT molecular complexity index is 569. The molecule has 0 spiro atoms. The number of ether oxygens (including phenoxy) is 1. The molecule has 0 saturated carbocycles. The zero-order chi connectivity index (χ0) is 13.0. The maximum absolute atomic E-state index is 10.9. The minimum absolute atomic E-state index is 0.0942. The molecule has 0 radical (unpaired) electrons. The van der Waals surface area contributed by atoms with Gasteiger partial charge < -0.3 is 10.5 Å². The first-order chi connectivity index (χ1) is 8.74. The zero-order valence-corrected chi connectivity index (χ0v) is 9.83. The van der Waals surface area contributed by atoms with Crippen LogP contribution in [0.5, 0.6) is 5.75 Å². The van der Waals surface area contributed by atoms with Gasteiger partial charge in [-0.1, -0.05) is 18.2 Å². The van der Waals surface area contributed by atoms with E-state index in [0.717, 1.165) is 11.8 Å². The quantitative estimate of drug-likeness (QED) is 0.499. The van der Waals surface area contributed by atoms with Gasteiger partial charge in [0, 0.05) is 11.5 Å². The van der Waals surface area contributed by atoms with Crippen LogP contribution in [0.1, 0.15) is 6.42 Å². The molecule has 94 valence electrons. The highest BCUT2D eigenvalue weighted by atomic mass is 16.6. The summed E-state index contributed by atoms with van der Waals surface area (Å²) in [6.45, 7) is 1.07. The van der Waals surface area contributed by atoms with Crippen LogP contribution in [0, 0.1) is 10.1 Å². The molecule has 5 nitrogen and oxygen atoms in total. The van der Waals surface area contributed by atoms with E-state index in [1.807, 2.05) is 12.1 Å². The molecule has 0 saturated heterocycles. The Balaban J connectivity index is 2.44. The number of nitro benzene ring substituents is 1. The number of fused-ring (bicyclic) bond motifs is 1. The molecular formula is C13H14N2O3. The van der Waals surface area contributed by atoms with E-state index >= 15 is 0 Å². The summed E-state index contributed by atoms with van der Waals surface area (Å²) in [7, 11) is 0. The molecule has 18 heavy (non-hydrogen) atoms. The Hall–Kier alpha value is -2.14. The average Bonchev–Trinajstić information content (AvgIpc) is 2.38. The molecule has 5 heteroatoms. The molecule has 2 N–H and O–H groups in total. The Morgan fingerprint density at radius 3 is 2.56 bits per heavy atom. The molecule has 0 bridgehead atoms. The van der Waals surface area contributed by atoms with E-state index in [9.17, 15) is 10.1 Å². The molecule has 2 rings (SSSR count). The van der Waals surface area contributed by atoms with Crippen LogP contribution in [0.2, 0.25) is 0 Å². The highest BCUT2D eigenvalue weighted by Gasteiger charge is 2.14. The van der Waals surface area contributed by atoms with Crippen molar-refractivity contribution in [2.75, 3.05) is 13.2 Å². The Labute approximate surface area is 104 Å². The normalized spacial score (nSPS) is 10.5. The summed E-state index contributed by atoms with van der Waals surface area (Å²) >= 11 is 0. The first-order valence-electron chi connectivity index (χ1n) is 5.73. The molecule has 0 amide bonds. The Morgan fingerprint density at radius 1 is 1.17 bits per heavy atom. The second-order valence-electron chi connectivity index (χ2n) is 3.88. The van der Waals surface area contributed by atoms with Crippen LogP contribution < -0.4 is 10.5 Å². The summed E-state index contributed by atoms with van der Waals surface area (Å²) in [4.78, 5) is 10.6. The van der Waals surface area contributed by atoms with Crippen LogP contribution in [0.4, 0.5) is 5.69 Å². The molecule has 2 aromatic rings. The largest absolute Gasteiger partial charge is 0.493 e. The second kappa shape index (κ2) is 5.46. The van der Waals surface area contributed by atoms with Gasteiger partial charge in [-0.3, -0.25) is 10.1 Å². The topological polar surface area (TPSA) is 78.4 Å². The molecule has 2 aromatic carbocycles. The number of benzene rings is 2. The van der Waals surface area contributed by atoms with Gasteiger partial charge in [0.15, 0.2) is 0 Å². The lowest BCUT2D eigenvalue weighted by Gasteiger charge is -2.09. The van der Waals surface area contributed by atoms with Crippen LogP contribution in [-0.2, 0) is 0 Å². The number of nitrogens with two attached hydrogens (primary N) is 1. The van der Waals surface area contributed by atoms with Crippen molar-refractivity contribution in [3.8, 4) is 5.75 Å². The maximum Gasteiger partial charge on any atom is 0.277 e. The van der Waals surface area contributed by atoms with Crippen molar-refractivity contribution in [3.05, 3.63) is 46.5 Å². The van der Waals surface area contributed by atoms with Gasteiger partial charge >= 0.3 is 0 Å². The van der Waals surface area contributed by atoms with Crippen molar-refractivity contribution in [2.24, 2.45) is 5.73 Å². The van der Waals surface area contributed by atoms with E-state index in [4.69, 9.17) is 10.5 Å². The van der Waals surface area contributed by atoms with Crippen molar-refractivity contribution < 1.29 is 9.66 Å². The summed E-state index contributed by atoms with van der Waals surface area (Å²) in [6, 6.07) is 10.3. The molecule has 0 aliphatic rings. The molecule has 0 fully saturated rings. The van der Waals surface area contributed by atoms with Gasteiger partial charge in [0.1, 0.15) is 5.75 Å². The first kappa shape index (κ1) is 12.3. The smallest absolute Gasteiger partial charge is 0.277 e. The summed E-state index contributed by atoms with van der Waals surface area (Å²) in [6.07, 6.45) is 0.755. The van der Waals surface area contributed by atoms with E-state index in [-0.39, 0.29) is 10.6 Å². The fourth-order valence-electron chi connectivity index (χ4n) is 1.81. The fourth-order valence-corrected chi connectivity index (χ4v) is 1.81. The standard InChI is InChI=1S/C13H14N2O3/c14-8-3-9-18-13-7-6-12(15(16)17)10-4-1-2-5-11(10)13/h1-2,4-7H,3,8-9,14H2. The van der Waals surface area contributed by atoms with Crippen LogP contribution in [-0.4, -0.2) is 18.1 Å². The number of hydrogen-bond acceptors (Lipinski definition) is 4. The highest BCUT2D eigenvalue weighted by molar-refractivity contribution is 5.95. The monoisotopic (exact) mass is 246 g/mol. The minimum atomic E-state index is -0.383. The minimum Gasteiger partial charge on any atom is -0.493 e. The first-order valence-corrected chi connectivity index (χ1v) is 5.73. The molecule has 0 unspecified atom stereocenters. The van der Waals surface area contributed by atoms with Crippen molar-refractivity contribution >= 4 is 16.5 Å². The van der Waals surface area contributed by atoms with Crippen LogP contribution in [0.25, 0.3) is 10.8 Å². The molecule has 0 aromatic heterocycles.